The van der Waals surface area contributed by atoms with Crippen LogP contribution in [-0.2, 0) is 0 Å². The fourth-order valence-electron chi connectivity index (χ4n) is 3.38. The molecule has 134 valence electrons. The van der Waals surface area contributed by atoms with E-state index in [0.717, 1.165) is 29.0 Å². The first-order valence-corrected chi connectivity index (χ1v) is 8.44. The minimum absolute atomic E-state index is 0.0123. The molecule has 1 aliphatic rings. The summed E-state index contributed by atoms with van der Waals surface area (Å²) in [5, 5.41) is 7.82. The summed E-state index contributed by atoms with van der Waals surface area (Å²) in [6.07, 6.45) is 0.815. The van der Waals surface area contributed by atoms with Gasteiger partial charge < -0.3 is 20.5 Å². The molecule has 0 aliphatic carbocycles. The Bertz CT molecular complexity index is 907. The summed E-state index contributed by atoms with van der Waals surface area (Å²) in [7, 11) is 3.33. The van der Waals surface area contributed by atoms with E-state index in [1.54, 1.807) is 14.2 Å². The average molecular weight is 351 g/mol. The highest BCUT2D eigenvalue weighted by Crippen LogP contribution is 2.39. The molecular formula is C19H21N5O2. The van der Waals surface area contributed by atoms with Crippen LogP contribution in [-0.4, -0.2) is 29.0 Å². The molecule has 7 nitrogen and oxygen atoms in total. The normalized spacial score (nSPS) is 18.7. The van der Waals surface area contributed by atoms with Gasteiger partial charge in [0.25, 0.3) is 0 Å². The Balaban J connectivity index is 1.72. The van der Waals surface area contributed by atoms with Crippen molar-refractivity contribution in [2.45, 2.75) is 18.5 Å². The van der Waals surface area contributed by atoms with E-state index < -0.39 is 0 Å². The van der Waals surface area contributed by atoms with Crippen LogP contribution in [0.5, 0.6) is 11.5 Å². The number of hydrogen-bond donors (Lipinski definition) is 2. The van der Waals surface area contributed by atoms with Gasteiger partial charge in [-0.3, -0.25) is 0 Å². The second-order valence-corrected chi connectivity index (χ2v) is 6.24. The standard InChI is InChI=1S/C19H21N5O2/c1-25-14-8-6-12(7-9-14)16-11-17(13-4-3-5-15(10-13)26-2)24-19(21-16)22-18(20)23-24/h3-10,16-17H,11H2,1-2H3,(H3,20,21,22,23)/t16-,17-/m0/s1. The fourth-order valence-corrected chi connectivity index (χ4v) is 3.38. The van der Waals surface area contributed by atoms with Gasteiger partial charge >= 0.3 is 0 Å². The molecule has 2 atom stereocenters. The number of methoxy groups -OCH3 is 2. The predicted molar refractivity (Wildman–Crippen MR) is 99.5 cm³/mol. The summed E-state index contributed by atoms with van der Waals surface area (Å²) in [5.74, 6) is 2.58. The van der Waals surface area contributed by atoms with Crippen molar-refractivity contribution in [3.8, 4) is 11.5 Å². The minimum Gasteiger partial charge on any atom is -0.497 e. The van der Waals surface area contributed by atoms with Gasteiger partial charge in [-0.05, 0) is 41.8 Å². The molecule has 0 radical (unpaired) electrons. The molecule has 26 heavy (non-hydrogen) atoms. The Labute approximate surface area is 151 Å². The van der Waals surface area contributed by atoms with E-state index in [0.29, 0.717) is 5.95 Å². The maximum absolute atomic E-state index is 5.85. The van der Waals surface area contributed by atoms with Crippen LogP contribution in [0.1, 0.15) is 29.6 Å². The molecule has 0 unspecified atom stereocenters. The number of nitrogens with two attached hydrogens (primary N) is 1. The lowest BCUT2D eigenvalue weighted by Gasteiger charge is -2.31. The van der Waals surface area contributed by atoms with E-state index in [1.807, 2.05) is 35.0 Å². The lowest BCUT2D eigenvalue weighted by Crippen LogP contribution is -2.28. The first-order chi connectivity index (χ1) is 12.7. The molecule has 2 aromatic carbocycles. The van der Waals surface area contributed by atoms with Gasteiger partial charge in [-0.15, -0.1) is 5.10 Å². The Morgan fingerprint density at radius 2 is 1.81 bits per heavy atom. The number of rotatable bonds is 4. The van der Waals surface area contributed by atoms with E-state index in [-0.39, 0.29) is 18.0 Å². The molecule has 4 rings (SSSR count). The molecule has 0 fully saturated rings. The van der Waals surface area contributed by atoms with Crippen LogP contribution in [0.25, 0.3) is 0 Å². The van der Waals surface area contributed by atoms with Crippen LogP contribution in [0, 0.1) is 0 Å². The van der Waals surface area contributed by atoms with E-state index in [4.69, 9.17) is 15.2 Å². The Kier molecular flexibility index (Phi) is 4.12. The second kappa shape index (κ2) is 6.59. The third-order valence-corrected chi connectivity index (χ3v) is 4.70. The summed E-state index contributed by atoms with van der Waals surface area (Å²) in [6, 6.07) is 16.2. The van der Waals surface area contributed by atoms with Crippen molar-refractivity contribution in [1.82, 2.24) is 14.8 Å². The van der Waals surface area contributed by atoms with Crippen LogP contribution >= 0.6 is 0 Å². The monoisotopic (exact) mass is 351 g/mol. The third kappa shape index (κ3) is 2.92. The van der Waals surface area contributed by atoms with Crippen LogP contribution in [0.3, 0.4) is 0 Å². The molecule has 3 aromatic rings. The zero-order chi connectivity index (χ0) is 18.1. The average Bonchev–Trinajstić information content (AvgIpc) is 3.07. The number of ether oxygens (including phenoxy) is 2. The highest BCUT2D eigenvalue weighted by Gasteiger charge is 2.31. The molecule has 0 saturated carbocycles. The van der Waals surface area contributed by atoms with Gasteiger partial charge in [0, 0.05) is 0 Å². The first-order valence-electron chi connectivity index (χ1n) is 8.44. The topological polar surface area (TPSA) is 87.2 Å². The molecule has 0 saturated heterocycles. The van der Waals surface area contributed by atoms with E-state index in [2.05, 4.69) is 33.6 Å². The van der Waals surface area contributed by atoms with Gasteiger partial charge in [0.1, 0.15) is 11.5 Å². The van der Waals surface area contributed by atoms with Crippen molar-refractivity contribution in [2.24, 2.45) is 0 Å². The number of hydrogen-bond acceptors (Lipinski definition) is 6. The highest BCUT2D eigenvalue weighted by atomic mass is 16.5. The van der Waals surface area contributed by atoms with E-state index in [1.165, 1.54) is 0 Å². The van der Waals surface area contributed by atoms with Crippen molar-refractivity contribution in [1.29, 1.82) is 0 Å². The van der Waals surface area contributed by atoms with Crippen molar-refractivity contribution in [2.75, 3.05) is 25.3 Å². The molecule has 0 spiro atoms. The molecule has 7 heteroatoms. The van der Waals surface area contributed by atoms with Crippen LogP contribution in [0.15, 0.2) is 48.5 Å². The minimum atomic E-state index is 0.0123. The Hall–Kier alpha value is -3.22. The maximum Gasteiger partial charge on any atom is 0.241 e. The number of fused-ring (bicyclic) bond motifs is 1. The highest BCUT2D eigenvalue weighted by molar-refractivity contribution is 5.43. The van der Waals surface area contributed by atoms with E-state index in [9.17, 15) is 0 Å². The zero-order valence-electron chi connectivity index (χ0n) is 14.7. The number of aromatic nitrogens is 3. The van der Waals surface area contributed by atoms with Gasteiger partial charge in [-0.2, -0.15) is 4.98 Å². The van der Waals surface area contributed by atoms with Gasteiger partial charge in [-0.1, -0.05) is 24.3 Å². The van der Waals surface area contributed by atoms with Gasteiger partial charge in [0.2, 0.25) is 11.9 Å². The van der Waals surface area contributed by atoms with E-state index >= 15 is 0 Å². The molecule has 1 aliphatic heterocycles. The number of benzene rings is 2. The molecular weight excluding hydrogens is 330 g/mol. The summed E-state index contributed by atoms with van der Waals surface area (Å²) < 4.78 is 12.5. The summed E-state index contributed by atoms with van der Waals surface area (Å²) in [5.41, 5.74) is 8.12. The van der Waals surface area contributed by atoms with Crippen molar-refractivity contribution < 1.29 is 9.47 Å². The lowest BCUT2D eigenvalue weighted by atomic mass is 9.93. The van der Waals surface area contributed by atoms with Gasteiger partial charge in [0.15, 0.2) is 0 Å². The molecule has 2 heterocycles. The van der Waals surface area contributed by atoms with Gasteiger partial charge in [0.05, 0.1) is 26.3 Å². The predicted octanol–water partition coefficient (Wildman–Crippen LogP) is 3.02. The Morgan fingerprint density at radius 3 is 2.54 bits per heavy atom. The summed E-state index contributed by atoms with van der Waals surface area (Å²) >= 11 is 0. The van der Waals surface area contributed by atoms with Crippen LogP contribution in [0.2, 0.25) is 0 Å². The largest absolute Gasteiger partial charge is 0.497 e. The molecule has 0 bridgehead atoms. The van der Waals surface area contributed by atoms with Crippen LogP contribution in [0.4, 0.5) is 11.9 Å². The maximum atomic E-state index is 5.85. The zero-order valence-corrected chi connectivity index (χ0v) is 14.7. The quantitative estimate of drug-likeness (QED) is 0.751. The third-order valence-electron chi connectivity index (χ3n) is 4.70. The van der Waals surface area contributed by atoms with Crippen LogP contribution < -0.4 is 20.5 Å². The first kappa shape index (κ1) is 16.3. The number of nitrogens with one attached hydrogen (secondary N) is 1. The summed E-state index contributed by atoms with van der Waals surface area (Å²) in [4.78, 5) is 4.34. The smallest absolute Gasteiger partial charge is 0.241 e. The molecule has 0 amide bonds. The number of nitrogen functional groups attached to an aromatic ring is 1. The Morgan fingerprint density at radius 1 is 1.04 bits per heavy atom. The van der Waals surface area contributed by atoms with Crippen molar-refractivity contribution >= 4 is 11.9 Å². The number of anilines is 2. The molecule has 1 aromatic heterocycles. The molecule has 3 N–H and O–H groups in total. The van der Waals surface area contributed by atoms with Crippen molar-refractivity contribution in [3.63, 3.8) is 0 Å². The fraction of sp³-hybridized carbons (Fsp3) is 0.263. The SMILES string of the molecule is COc1ccc([C@@H]2C[C@@H](c3cccc(OC)c3)n3nc(N)nc3N2)cc1. The van der Waals surface area contributed by atoms with Gasteiger partial charge in [-0.25, -0.2) is 4.68 Å². The van der Waals surface area contributed by atoms with Crippen molar-refractivity contribution in [3.05, 3.63) is 59.7 Å². The second-order valence-electron chi connectivity index (χ2n) is 6.24. The summed E-state index contributed by atoms with van der Waals surface area (Å²) in [6.45, 7) is 0. The lowest BCUT2D eigenvalue weighted by molar-refractivity contribution is 0.406. The number of nitrogens with zero attached hydrogens (tertiary/aromatic N) is 3.